The number of amides is 1. The van der Waals surface area contributed by atoms with Crippen LogP contribution in [0.2, 0.25) is 0 Å². The van der Waals surface area contributed by atoms with Gasteiger partial charge >= 0.3 is 0 Å². The van der Waals surface area contributed by atoms with Gasteiger partial charge in [-0.3, -0.25) is 4.79 Å². The molecule has 1 aromatic carbocycles. The molecule has 0 aromatic heterocycles. The van der Waals surface area contributed by atoms with Crippen molar-refractivity contribution in [3.63, 3.8) is 0 Å². The van der Waals surface area contributed by atoms with Gasteiger partial charge in [0.05, 0.1) is 17.4 Å². The Hall–Kier alpha value is -2.09. The summed E-state index contributed by atoms with van der Waals surface area (Å²) in [7, 11) is 0. The highest BCUT2D eigenvalue weighted by Gasteiger charge is 2.05. The van der Waals surface area contributed by atoms with Crippen LogP contribution in [-0.4, -0.2) is 5.91 Å². The third-order valence-corrected chi connectivity index (χ3v) is 1.53. The second kappa shape index (κ2) is 4.23. The molecule has 1 rings (SSSR count). The number of hydrogen-bond donors (Lipinski definition) is 2. The minimum absolute atomic E-state index is 0.185. The summed E-state index contributed by atoms with van der Waals surface area (Å²) in [5.74, 6) is -1.00. The van der Waals surface area contributed by atoms with Gasteiger partial charge in [-0.2, -0.15) is 5.26 Å². The van der Waals surface area contributed by atoms with E-state index in [-0.39, 0.29) is 17.8 Å². The van der Waals surface area contributed by atoms with Crippen LogP contribution in [0.15, 0.2) is 18.2 Å². The summed E-state index contributed by atoms with van der Waals surface area (Å²) < 4.78 is 12.7. The van der Waals surface area contributed by atoms with Crippen LogP contribution in [0.5, 0.6) is 0 Å². The van der Waals surface area contributed by atoms with Gasteiger partial charge in [0.1, 0.15) is 12.2 Å². The van der Waals surface area contributed by atoms with E-state index in [2.05, 4.69) is 5.32 Å². The summed E-state index contributed by atoms with van der Waals surface area (Å²) in [4.78, 5) is 11.0. The van der Waals surface area contributed by atoms with Gasteiger partial charge in [-0.05, 0) is 18.2 Å². The summed E-state index contributed by atoms with van der Waals surface area (Å²) in [5.41, 5.74) is 5.92. The highest BCUT2D eigenvalue weighted by atomic mass is 19.1. The molecule has 0 saturated heterocycles. The monoisotopic (exact) mass is 193 g/mol. The number of rotatable bonds is 2. The number of nitriles is 1. The summed E-state index contributed by atoms with van der Waals surface area (Å²) in [6.45, 7) is 0. The third kappa shape index (κ3) is 2.45. The number of benzene rings is 1. The van der Waals surface area contributed by atoms with E-state index in [0.29, 0.717) is 0 Å². The van der Waals surface area contributed by atoms with Gasteiger partial charge in [-0.1, -0.05) is 0 Å². The van der Waals surface area contributed by atoms with Gasteiger partial charge in [-0.15, -0.1) is 0 Å². The number of nitrogen functional groups attached to an aromatic ring is 1. The van der Waals surface area contributed by atoms with E-state index < -0.39 is 11.7 Å². The van der Waals surface area contributed by atoms with Crippen molar-refractivity contribution in [1.82, 2.24) is 0 Å². The van der Waals surface area contributed by atoms with E-state index in [0.717, 1.165) is 6.07 Å². The lowest BCUT2D eigenvalue weighted by Crippen LogP contribution is -2.11. The number of halogens is 1. The van der Waals surface area contributed by atoms with Crippen LogP contribution in [0, 0.1) is 17.1 Å². The molecule has 4 nitrogen and oxygen atoms in total. The molecule has 14 heavy (non-hydrogen) atoms. The molecule has 5 heteroatoms. The summed E-state index contributed by atoms with van der Waals surface area (Å²) in [5, 5.41) is 10.5. The molecule has 0 heterocycles. The molecule has 0 saturated carbocycles. The molecule has 0 atom stereocenters. The van der Waals surface area contributed by atoms with Gasteiger partial charge in [0.25, 0.3) is 0 Å². The zero-order valence-corrected chi connectivity index (χ0v) is 7.25. The molecule has 1 amide bonds. The van der Waals surface area contributed by atoms with Crippen molar-refractivity contribution in [3.8, 4) is 6.07 Å². The average molecular weight is 193 g/mol. The van der Waals surface area contributed by atoms with Crippen molar-refractivity contribution in [1.29, 1.82) is 5.26 Å². The van der Waals surface area contributed by atoms with Crippen LogP contribution in [0.1, 0.15) is 6.42 Å². The van der Waals surface area contributed by atoms with Crippen molar-refractivity contribution in [3.05, 3.63) is 24.0 Å². The molecule has 0 bridgehead atoms. The molecule has 3 N–H and O–H groups in total. The highest BCUT2D eigenvalue weighted by molar-refractivity contribution is 5.94. The Bertz CT molecular complexity index is 398. The maximum Gasteiger partial charge on any atom is 0.238 e. The number of nitrogens with zero attached hydrogens (tertiary/aromatic N) is 1. The van der Waals surface area contributed by atoms with Crippen molar-refractivity contribution >= 4 is 17.3 Å². The Kier molecular flexibility index (Phi) is 3.02. The number of carbonyl (C=O) groups is 1. The summed E-state index contributed by atoms with van der Waals surface area (Å²) >= 11 is 0. The minimum atomic E-state index is -0.509. The molecule has 0 radical (unpaired) electrons. The van der Waals surface area contributed by atoms with Gasteiger partial charge in [0.15, 0.2) is 0 Å². The molecule has 0 aliphatic rings. The van der Waals surface area contributed by atoms with Gasteiger partial charge in [0, 0.05) is 0 Å². The topological polar surface area (TPSA) is 78.9 Å². The first-order valence-corrected chi connectivity index (χ1v) is 3.85. The first-order chi connectivity index (χ1) is 6.63. The molecule has 0 aliphatic carbocycles. The molecule has 0 aliphatic heterocycles. The second-order valence-corrected chi connectivity index (χ2v) is 2.61. The Balaban J connectivity index is 2.81. The Morgan fingerprint density at radius 1 is 1.64 bits per heavy atom. The summed E-state index contributed by atoms with van der Waals surface area (Å²) in [6.07, 6.45) is -0.282. The fraction of sp³-hybridized carbons (Fsp3) is 0.111. The smallest absolute Gasteiger partial charge is 0.238 e. The first kappa shape index (κ1) is 9.99. The number of anilines is 2. The van der Waals surface area contributed by atoms with E-state index in [1.165, 1.54) is 12.1 Å². The molecule has 0 fully saturated rings. The van der Waals surface area contributed by atoms with E-state index in [1.807, 2.05) is 0 Å². The zero-order valence-electron chi connectivity index (χ0n) is 7.25. The third-order valence-electron chi connectivity index (χ3n) is 1.53. The van der Waals surface area contributed by atoms with Crippen LogP contribution in [-0.2, 0) is 4.79 Å². The zero-order chi connectivity index (χ0) is 10.6. The maximum absolute atomic E-state index is 12.7. The largest absolute Gasteiger partial charge is 0.397 e. The molecule has 0 unspecified atom stereocenters. The molecule has 72 valence electrons. The van der Waals surface area contributed by atoms with E-state index >= 15 is 0 Å². The number of nitrogens with two attached hydrogens (primary N) is 1. The molecule has 0 spiro atoms. The fourth-order valence-electron chi connectivity index (χ4n) is 0.903. The molecule has 1 aromatic rings. The lowest BCUT2D eigenvalue weighted by Gasteiger charge is -2.05. The highest BCUT2D eigenvalue weighted by Crippen LogP contribution is 2.19. The van der Waals surface area contributed by atoms with Crippen molar-refractivity contribution < 1.29 is 9.18 Å². The van der Waals surface area contributed by atoms with Crippen molar-refractivity contribution in [2.75, 3.05) is 11.1 Å². The summed E-state index contributed by atoms with van der Waals surface area (Å²) in [6, 6.07) is 5.31. The number of carbonyl (C=O) groups excluding carboxylic acids is 1. The number of nitrogens with one attached hydrogen (secondary N) is 1. The second-order valence-electron chi connectivity index (χ2n) is 2.61. The van der Waals surface area contributed by atoms with Crippen molar-refractivity contribution in [2.24, 2.45) is 0 Å². The predicted molar refractivity (Wildman–Crippen MR) is 49.7 cm³/mol. The van der Waals surface area contributed by atoms with Gasteiger partial charge in [-0.25, -0.2) is 4.39 Å². The Morgan fingerprint density at radius 3 is 3.00 bits per heavy atom. The van der Waals surface area contributed by atoms with Crippen LogP contribution < -0.4 is 11.1 Å². The Morgan fingerprint density at radius 2 is 2.36 bits per heavy atom. The first-order valence-electron chi connectivity index (χ1n) is 3.85. The minimum Gasteiger partial charge on any atom is -0.397 e. The normalized spacial score (nSPS) is 9.14. The van der Waals surface area contributed by atoms with Crippen LogP contribution in [0.25, 0.3) is 0 Å². The fourth-order valence-corrected chi connectivity index (χ4v) is 0.903. The molecular weight excluding hydrogens is 185 g/mol. The molecular formula is C9H8FN3O. The Labute approximate surface area is 80.1 Å². The number of hydrogen-bond acceptors (Lipinski definition) is 3. The standard InChI is InChI=1S/C9H8FN3O/c10-6-1-2-7(12)8(5-6)13-9(14)3-4-11/h1-2,5H,3,12H2,(H,13,14). The average Bonchev–Trinajstić information content (AvgIpc) is 2.12. The lowest BCUT2D eigenvalue weighted by molar-refractivity contribution is -0.115. The predicted octanol–water partition coefficient (Wildman–Crippen LogP) is 1.26. The van der Waals surface area contributed by atoms with Crippen molar-refractivity contribution in [2.45, 2.75) is 6.42 Å². The van der Waals surface area contributed by atoms with Crippen LogP contribution >= 0.6 is 0 Å². The van der Waals surface area contributed by atoms with E-state index in [4.69, 9.17) is 11.0 Å². The van der Waals surface area contributed by atoms with E-state index in [9.17, 15) is 9.18 Å². The van der Waals surface area contributed by atoms with Crippen LogP contribution in [0.3, 0.4) is 0 Å². The SMILES string of the molecule is N#CCC(=O)Nc1cc(F)ccc1N. The van der Waals surface area contributed by atoms with Gasteiger partial charge in [0.2, 0.25) is 5.91 Å². The maximum atomic E-state index is 12.7. The van der Waals surface area contributed by atoms with E-state index in [1.54, 1.807) is 6.07 Å². The van der Waals surface area contributed by atoms with Gasteiger partial charge < -0.3 is 11.1 Å². The lowest BCUT2D eigenvalue weighted by atomic mass is 10.2. The quantitative estimate of drug-likeness (QED) is 0.694. The van der Waals surface area contributed by atoms with Crippen LogP contribution in [0.4, 0.5) is 15.8 Å².